The van der Waals surface area contributed by atoms with Gasteiger partial charge in [-0.2, -0.15) is 0 Å². The van der Waals surface area contributed by atoms with Crippen LogP contribution in [-0.2, 0) is 0 Å². The van der Waals surface area contributed by atoms with Gasteiger partial charge in [-0.3, -0.25) is 4.79 Å². The van der Waals surface area contributed by atoms with Gasteiger partial charge in [-0.15, -0.1) is 6.58 Å². The molecular weight excluding hydrogens is 238 g/mol. The monoisotopic (exact) mass is 253 g/mol. The smallest absolute Gasteiger partial charge is 0.251 e. The van der Waals surface area contributed by atoms with Crippen molar-refractivity contribution in [3.05, 3.63) is 40.9 Å². The van der Waals surface area contributed by atoms with Gasteiger partial charge in [0, 0.05) is 12.1 Å². The molecule has 0 saturated carbocycles. The van der Waals surface area contributed by atoms with Crippen molar-refractivity contribution in [2.24, 2.45) is 0 Å². The molecule has 0 aromatic heterocycles. The number of amides is 1. The third-order valence-electron chi connectivity index (χ3n) is 2.23. The number of hydrogen-bond donors (Lipinski definition) is 1. The second kappa shape index (κ2) is 6.30. The summed E-state index contributed by atoms with van der Waals surface area (Å²) in [6, 6.07) is 3.40. The van der Waals surface area contributed by atoms with E-state index < -0.39 is 0 Å². The molecule has 17 heavy (non-hydrogen) atoms. The van der Waals surface area contributed by atoms with E-state index in [1.165, 1.54) is 0 Å². The van der Waals surface area contributed by atoms with E-state index in [2.05, 4.69) is 11.9 Å². The Bertz CT molecular complexity index is 430. The van der Waals surface area contributed by atoms with Crippen LogP contribution in [0, 0.1) is 6.92 Å². The number of rotatable bonds is 5. The Hall–Kier alpha value is -1.48. The number of nitrogens with one attached hydrogen (secondary N) is 1. The molecule has 1 aromatic carbocycles. The summed E-state index contributed by atoms with van der Waals surface area (Å²) in [4.78, 5) is 11.8. The molecule has 0 aliphatic carbocycles. The van der Waals surface area contributed by atoms with Gasteiger partial charge >= 0.3 is 0 Å². The van der Waals surface area contributed by atoms with Crippen LogP contribution in [0.2, 0.25) is 5.02 Å². The van der Waals surface area contributed by atoms with Gasteiger partial charge in [0.05, 0.1) is 11.6 Å². The van der Waals surface area contributed by atoms with Crippen LogP contribution >= 0.6 is 11.6 Å². The lowest BCUT2D eigenvalue weighted by Crippen LogP contribution is -2.24. The van der Waals surface area contributed by atoms with Crippen LogP contribution < -0.4 is 10.1 Å². The maximum atomic E-state index is 11.8. The Balaban J connectivity index is 2.98. The van der Waals surface area contributed by atoms with Crippen molar-refractivity contribution in [2.75, 3.05) is 13.2 Å². The Kier molecular flexibility index (Phi) is 5.04. The number of halogens is 1. The molecule has 92 valence electrons. The van der Waals surface area contributed by atoms with Crippen LogP contribution in [0.25, 0.3) is 0 Å². The average Bonchev–Trinajstić information content (AvgIpc) is 2.30. The van der Waals surface area contributed by atoms with Gasteiger partial charge in [-0.25, -0.2) is 0 Å². The van der Waals surface area contributed by atoms with Crippen LogP contribution in [0.4, 0.5) is 0 Å². The van der Waals surface area contributed by atoms with E-state index in [0.717, 1.165) is 5.56 Å². The molecule has 0 saturated heterocycles. The molecule has 1 N–H and O–H groups in total. The molecule has 0 heterocycles. The van der Waals surface area contributed by atoms with Crippen molar-refractivity contribution >= 4 is 17.5 Å². The molecule has 3 nitrogen and oxygen atoms in total. The average molecular weight is 254 g/mol. The first-order valence-corrected chi connectivity index (χ1v) is 5.80. The highest BCUT2D eigenvalue weighted by atomic mass is 35.5. The number of ether oxygens (including phenoxy) is 1. The number of carbonyl (C=O) groups is 1. The molecule has 1 rings (SSSR count). The van der Waals surface area contributed by atoms with E-state index in [4.69, 9.17) is 16.3 Å². The minimum absolute atomic E-state index is 0.160. The van der Waals surface area contributed by atoms with Crippen LogP contribution in [0.15, 0.2) is 24.8 Å². The second-order valence-corrected chi connectivity index (χ2v) is 3.94. The molecule has 0 bridgehead atoms. The van der Waals surface area contributed by atoms with Crippen molar-refractivity contribution in [3.8, 4) is 5.75 Å². The van der Waals surface area contributed by atoms with E-state index in [1.54, 1.807) is 18.2 Å². The molecule has 1 amide bonds. The normalized spacial score (nSPS) is 9.82. The summed E-state index contributed by atoms with van der Waals surface area (Å²) < 4.78 is 5.35. The minimum atomic E-state index is -0.160. The van der Waals surface area contributed by atoms with Crippen LogP contribution in [0.5, 0.6) is 5.75 Å². The topological polar surface area (TPSA) is 38.3 Å². The number of benzene rings is 1. The summed E-state index contributed by atoms with van der Waals surface area (Å²) in [6.07, 6.45) is 1.63. The molecule has 0 radical (unpaired) electrons. The number of aryl methyl sites for hydroxylation is 1. The lowest BCUT2D eigenvalue weighted by atomic mass is 10.1. The summed E-state index contributed by atoms with van der Waals surface area (Å²) in [5.74, 6) is 0.444. The predicted octanol–water partition coefficient (Wildman–Crippen LogP) is 2.96. The van der Waals surface area contributed by atoms with Crippen molar-refractivity contribution in [1.29, 1.82) is 0 Å². The zero-order valence-corrected chi connectivity index (χ0v) is 10.8. The maximum absolute atomic E-state index is 11.8. The standard InChI is InChI=1S/C13H16ClNO2/c1-4-6-15-13(16)10-8-11(14)12(17-5-2)7-9(10)3/h4,7-8H,1,5-6H2,2-3H3,(H,15,16). The Labute approximate surface area is 106 Å². The van der Waals surface area contributed by atoms with Gasteiger partial charge < -0.3 is 10.1 Å². The first kappa shape index (κ1) is 13.6. The molecule has 0 aliphatic heterocycles. The largest absolute Gasteiger partial charge is 0.492 e. The summed E-state index contributed by atoms with van der Waals surface area (Å²) in [5, 5.41) is 3.16. The van der Waals surface area contributed by atoms with Crippen LogP contribution in [0.3, 0.4) is 0 Å². The fourth-order valence-corrected chi connectivity index (χ4v) is 1.64. The highest BCUT2D eigenvalue weighted by molar-refractivity contribution is 6.32. The van der Waals surface area contributed by atoms with Gasteiger partial charge in [0.1, 0.15) is 5.75 Å². The fraction of sp³-hybridized carbons (Fsp3) is 0.308. The third-order valence-corrected chi connectivity index (χ3v) is 2.53. The molecule has 0 spiro atoms. The molecular formula is C13H16ClNO2. The summed E-state index contributed by atoms with van der Waals surface area (Å²) in [5.41, 5.74) is 1.39. The van der Waals surface area contributed by atoms with Crippen LogP contribution in [0.1, 0.15) is 22.8 Å². The maximum Gasteiger partial charge on any atom is 0.251 e. The Morgan fingerprint density at radius 3 is 2.88 bits per heavy atom. The number of carbonyl (C=O) groups excluding carboxylic acids is 1. The zero-order valence-electron chi connectivity index (χ0n) is 10.0. The molecule has 4 heteroatoms. The summed E-state index contributed by atoms with van der Waals surface area (Å²) >= 11 is 6.03. The minimum Gasteiger partial charge on any atom is -0.492 e. The second-order valence-electron chi connectivity index (χ2n) is 3.53. The van der Waals surface area contributed by atoms with Gasteiger partial charge in [0.25, 0.3) is 5.91 Å². The first-order chi connectivity index (χ1) is 8.10. The van der Waals surface area contributed by atoms with Gasteiger partial charge in [0.2, 0.25) is 0 Å². The highest BCUT2D eigenvalue weighted by Crippen LogP contribution is 2.28. The SMILES string of the molecule is C=CCNC(=O)c1cc(Cl)c(OCC)cc1C. The van der Waals surface area contributed by atoms with E-state index in [9.17, 15) is 4.79 Å². The first-order valence-electron chi connectivity index (χ1n) is 5.42. The molecule has 0 atom stereocenters. The third kappa shape index (κ3) is 3.49. The molecule has 0 aliphatic rings. The summed E-state index contributed by atoms with van der Waals surface area (Å²) in [7, 11) is 0. The quantitative estimate of drug-likeness (QED) is 0.820. The number of hydrogen-bond acceptors (Lipinski definition) is 2. The fourth-order valence-electron chi connectivity index (χ4n) is 1.43. The molecule has 0 fully saturated rings. The predicted molar refractivity (Wildman–Crippen MR) is 69.9 cm³/mol. The van der Waals surface area contributed by atoms with Crippen molar-refractivity contribution in [3.63, 3.8) is 0 Å². The van der Waals surface area contributed by atoms with Gasteiger partial charge in [0.15, 0.2) is 0 Å². The van der Waals surface area contributed by atoms with E-state index >= 15 is 0 Å². The lowest BCUT2D eigenvalue weighted by molar-refractivity contribution is 0.0957. The van der Waals surface area contributed by atoms with Crippen LogP contribution in [-0.4, -0.2) is 19.1 Å². The Morgan fingerprint density at radius 1 is 1.59 bits per heavy atom. The van der Waals surface area contributed by atoms with E-state index in [0.29, 0.717) is 29.5 Å². The zero-order chi connectivity index (χ0) is 12.8. The van der Waals surface area contributed by atoms with Gasteiger partial charge in [-0.1, -0.05) is 17.7 Å². The lowest BCUT2D eigenvalue weighted by Gasteiger charge is -2.11. The van der Waals surface area contributed by atoms with E-state index in [-0.39, 0.29) is 5.91 Å². The summed E-state index contributed by atoms with van der Waals surface area (Å²) in [6.45, 7) is 8.25. The van der Waals surface area contributed by atoms with Crippen molar-refractivity contribution < 1.29 is 9.53 Å². The van der Waals surface area contributed by atoms with Crippen molar-refractivity contribution in [1.82, 2.24) is 5.32 Å². The highest BCUT2D eigenvalue weighted by Gasteiger charge is 2.12. The van der Waals surface area contributed by atoms with Crippen molar-refractivity contribution in [2.45, 2.75) is 13.8 Å². The Morgan fingerprint density at radius 2 is 2.29 bits per heavy atom. The molecule has 1 aromatic rings. The van der Waals surface area contributed by atoms with Gasteiger partial charge in [-0.05, 0) is 31.5 Å². The van der Waals surface area contributed by atoms with E-state index in [1.807, 2.05) is 13.8 Å². The molecule has 0 unspecified atom stereocenters.